The van der Waals surface area contributed by atoms with E-state index in [2.05, 4.69) is 30.4 Å². The van der Waals surface area contributed by atoms with Crippen LogP contribution in [0.2, 0.25) is 0 Å². The van der Waals surface area contributed by atoms with E-state index in [1.54, 1.807) is 11.1 Å². The van der Waals surface area contributed by atoms with Gasteiger partial charge in [-0.25, -0.2) is 0 Å². The Morgan fingerprint density at radius 3 is 2.88 bits per heavy atom. The van der Waals surface area contributed by atoms with Gasteiger partial charge in [0.25, 0.3) is 0 Å². The average molecular weight is 229 g/mol. The number of fused-ring (bicyclic) bond motifs is 1. The molecule has 0 amide bonds. The molecule has 2 aliphatic rings. The Morgan fingerprint density at radius 2 is 2.06 bits per heavy atom. The molecule has 0 saturated carbocycles. The predicted molar refractivity (Wildman–Crippen MR) is 72.4 cm³/mol. The molecule has 1 aliphatic heterocycles. The summed E-state index contributed by atoms with van der Waals surface area (Å²) in [6.45, 7) is 3.58. The molecule has 0 spiro atoms. The molecule has 0 radical (unpaired) electrons. The second-order valence-electron chi connectivity index (χ2n) is 5.97. The van der Waals surface area contributed by atoms with Crippen LogP contribution < -0.4 is 5.32 Å². The van der Waals surface area contributed by atoms with Crippen LogP contribution in [0, 0.1) is 5.92 Å². The zero-order chi connectivity index (χ0) is 11.7. The van der Waals surface area contributed by atoms with Crippen molar-refractivity contribution in [1.82, 2.24) is 5.32 Å². The first-order valence-electron chi connectivity index (χ1n) is 7.15. The van der Waals surface area contributed by atoms with Gasteiger partial charge in [-0.2, -0.15) is 0 Å². The average Bonchev–Trinajstić information content (AvgIpc) is 2.70. The predicted octanol–water partition coefficient (Wildman–Crippen LogP) is 3.11. The summed E-state index contributed by atoms with van der Waals surface area (Å²) < 4.78 is 0. The molecule has 1 aromatic rings. The van der Waals surface area contributed by atoms with Crippen LogP contribution in [0.5, 0.6) is 0 Å². The molecule has 1 heteroatoms. The van der Waals surface area contributed by atoms with Crippen molar-refractivity contribution in [2.75, 3.05) is 6.54 Å². The SMILES string of the molecule is CC1Cc2ccc(CC3CCCCN3)cc2C1. The fourth-order valence-electron chi connectivity index (χ4n) is 3.40. The van der Waals surface area contributed by atoms with E-state index in [0.29, 0.717) is 0 Å². The Balaban J connectivity index is 1.69. The lowest BCUT2D eigenvalue weighted by molar-refractivity contribution is 0.399. The minimum atomic E-state index is 0.723. The first-order chi connectivity index (χ1) is 8.31. The third-order valence-corrected chi connectivity index (χ3v) is 4.30. The number of nitrogens with one attached hydrogen (secondary N) is 1. The highest BCUT2D eigenvalue weighted by Gasteiger charge is 2.19. The smallest absolute Gasteiger partial charge is 0.0107 e. The van der Waals surface area contributed by atoms with Crippen LogP contribution >= 0.6 is 0 Å². The maximum absolute atomic E-state index is 3.64. The van der Waals surface area contributed by atoms with E-state index in [4.69, 9.17) is 0 Å². The van der Waals surface area contributed by atoms with Crippen LogP contribution in [0.25, 0.3) is 0 Å². The Morgan fingerprint density at radius 1 is 1.18 bits per heavy atom. The van der Waals surface area contributed by atoms with Crippen molar-refractivity contribution in [3.05, 3.63) is 34.9 Å². The summed E-state index contributed by atoms with van der Waals surface area (Å²) in [5.41, 5.74) is 4.75. The fourth-order valence-corrected chi connectivity index (χ4v) is 3.40. The molecule has 1 aromatic carbocycles. The Bertz CT molecular complexity index is 391. The summed E-state index contributed by atoms with van der Waals surface area (Å²) in [4.78, 5) is 0. The first kappa shape index (κ1) is 11.3. The molecule has 2 unspecified atom stereocenters. The van der Waals surface area contributed by atoms with Crippen molar-refractivity contribution in [1.29, 1.82) is 0 Å². The normalized spacial score (nSPS) is 28.1. The lowest BCUT2D eigenvalue weighted by Crippen LogP contribution is -2.35. The lowest BCUT2D eigenvalue weighted by atomic mass is 9.96. The van der Waals surface area contributed by atoms with Crippen molar-refractivity contribution >= 4 is 0 Å². The van der Waals surface area contributed by atoms with Crippen molar-refractivity contribution in [3.8, 4) is 0 Å². The van der Waals surface area contributed by atoms with Gasteiger partial charge in [-0.05, 0) is 61.3 Å². The number of rotatable bonds is 2. The second-order valence-corrected chi connectivity index (χ2v) is 5.97. The van der Waals surface area contributed by atoms with E-state index in [-0.39, 0.29) is 0 Å². The van der Waals surface area contributed by atoms with E-state index in [1.807, 2.05) is 0 Å². The van der Waals surface area contributed by atoms with Gasteiger partial charge in [0.15, 0.2) is 0 Å². The minimum Gasteiger partial charge on any atom is -0.314 e. The molecule has 1 heterocycles. The fraction of sp³-hybridized carbons (Fsp3) is 0.625. The van der Waals surface area contributed by atoms with E-state index >= 15 is 0 Å². The van der Waals surface area contributed by atoms with Crippen molar-refractivity contribution in [2.45, 2.75) is 51.5 Å². The van der Waals surface area contributed by atoms with Crippen LogP contribution in [0.1, 0.15) is 42.9 Å². The quantitative estimate of drug-likeness (QED) is 0.821. The van der Waals surface area contributed by atoms with Gasteiger partial charge >= 0.3 is 0 Å². The highest BCUT2D eigenvalue weighted by atomic mass is 14.9. The van der Waals surface area contributed by atoms with Crippen LogP contribution in [0.3, 0.4) is 0 Å². The standard InChI is InChI=1S/C16H23N/c1-12-8-14-6-5-13(10-15(14)9-12)11-16-4-2-3-7-17-16/h5-6,10,12,16-17H,2-4,7-9,11H2,1H3. The van der Waals surface area contributed by atoms with Gasteiger partial charge in [-0.1, -0.05) is 31.5 Å². The summed E-state index contributed by atoms with van der Waals surface area (Å²) >= 11 is 0. The molecule has 0 bridgehead atoms. The zero-order valence-electron chi connectivity index (χ0n) is 10.8. The molecule has 1 N–H and O–H groups in total. The molecule has 92 valence electrons. The van der Waals surface area contributed by atoms with Gasteiger partial charge in [-0.3, -0.25) is 0 Å². The molecular weight excluding hydrogens is 206 g/mol. The molecular formula is C16H23N. The van der Waals surface area contributed by atoms with Crippen molar-refractivity contribution in [2.24, 2.45) is 5.92 Å². The highest BCUT2D eigenvalue weighted by Crippen LogP contribution is 2.27. The van der Waals surface area contributed by atoms with Gasteiger partial charge in [0.05, 0.1) is 0 Å². The van der Waals surface area contributed by atoms with E-state index < -0.39 is 0 Å². The van der Waals surface area contributed by atoms with Gasteiger partial charge in [-0.15, -0.1) is 0 Å². The Labute approximate surface area is 105 Å². The van der Waals surface area contributed by atoms with Crippen LogP contribution in [-0.4, -0.2) is 12.6 Å². The third-order valence-electron chi connectivity index (χ3n) is 4.30. The Hall–Kier alpha value is -0.820. The molecule has 3 rings (SSSR count). The molecule has 1 fully saturated rings. The van der Waals surface area contributed by atoms with Crippen molar-refractivity contribution in [3.63, 3.8) is 0 Å². The topological polar surface area (TPSA) is 12.0 Å². The van der Waals surface area contributed by atoms with Crippen LogP contribution in [0.15, 0.2) is 18.2 Å². The van der Waals surface area contributed by atoms with Crippen LogP contribution in [0.4, 0.5) is 0 Å². The van der Waals surface area contributed by atoms with Gasteiger partial charge in [0, 0.05) is 6.04 Å². The van der Waals surface area contributed by atoms with E-state index in [0.717, 1.165) is 12.0 Å². The zero-order valence-corrected chi connectivity index (χ0v) is 10.8. The number of hydrogen-bond acceptors (Lipinski definition) is 1. The highest BCUT2D eigenvalue weighted by molar-refractivity contribution is 5.36. The minimum absolute atomic E-state index is 0.723. The number of hydrogen-bond donors (Lipinski definition) is 1. The number of benzene rings is 1. The Kier molecular flexibility index (Phi) is 3.19. The lowest BCUT2D eigenvalue weighted by Gasteiger charge is -2.23. The summed E-state index contributed by atoms with van der Waals surface area (Å²) in [6.07, 6.45) is 7.92. The van der Waals surface area contributed by atoms with Gasteiger partial charge in [0.2, 0.25) is 0 Å². The summed E-state index contributed by atoms with van der Waals surface area (Å²) in [6, 6.07) is 7.92. The molecule has 1 nitrogen and oxygen atoms in total. The third kappa shape index (κ3) is 2.55. The molecule has 2 atom stereocenters. The largest absolute Gasteiger partial charge is 0.314 e. The van der Waals surface area contributed by atoms with Gasteiger partial charge < -0.3 is 5.32 Å². The van der Waals surface area contributed by atoms with E-state index in [9.17, 15) is 0 Å². The second kappa shape index (κ2) is 4.81. The van der Waals surface area contributed by atoms with E-state index in [1.165, 1.54) is 50.6 Å². The maximum atomic E-state index is 3.64. The summed E-state index contributed by atoms with van der Waals surface area (Å²) in [7, 11) is 0. The molecule has 17 heavy (non-hydrogen) atoms. The number of piperidine rings is 1. The van der Waals surface area contributed by atoms with Gasteiger partial charge in [0.1, 0.15) is 0 Å². The maximum Gasteiger partial charge on any atom is 0.0107 e. The summed E-state index contributed by atoms with van der Waals surface area (Å²) in [5.74, 6) is 0.855. The van der Waals surface area contributed by atoms with Crippen LogP contribution in [-0.2, 0) is 19.3 Å². The monoisotopic (exact) mass is 229 g/mol. The molecule has 0 aromatic heterocycles. The summed E-state index contributed by atoms with van der Waals surface area (Å²) in [5, 5.41) is 3.64. The van der Waals surface area contributed by atoms with Crippen molar-refractivity contribution < 1.29 is 0 Å². The molecule has 1 saturated heterocycles. The molecule has 1 aliphatic carbocycles. The first-order valence-corrected chi connectivity index (χ1v) is 7.15.